The number of carbonyl (C=O) groups excluding carboxylic acids is 4. The molecule has 1 aromatic heterocycles. The number of para-hydroxylation sites is 1. The number of ether oxygens (including phenoxy) is 1. The van der Waals surface area contributed by atoms with E-state index in [0.29, 0.717) is 55.2 Å². The van der Waals surface area contributed by atoms with Crippen molar-refractivity contribution in [1.82, 2.24) is 5.32 Å². The van der Waals surface area contributed by atoms with Crippen molar-refractivity contribution in [3.8, 4) is 11.8 Å². The van der Waals surface area contributed by atoms with Gasteiger partial charge in [0.25, 0.3) is 17.7 Å². The fourth-order valence-electron chi connectivity index (χ4n) is 4.91. The van der Waals surface area contributed by atoms with Gasteiger partial charge in [0.05, 0.1) is 22.3 Å². The Hall–Kier alpha value is -6.16. The summed E-state index contributed by atoms with van der Waals surface area (Å²) in [7, 11) is 0. The van der Waals surface area contributed by atoms with E-state index in [1.54, 1.807) is 123 Å². The van der Waals surface area contributed by atoms with Crippen molar-refractivity contribution in [2.24, 2.45) is 0 Å². The molecule has 1 unspecified atom stereocenters. The van der Waals surface area contributed by atoms with Gasteiger partial charge in [-0.3, -0.25) is 19.2 Å². The van der Waals surface area contributed by atoms with E-state index in [4.69, 9.17) is 4.74 Å². The summed E-state index contributed by atoms with van der Waals surface area (Å²) in [6.07, 6.45) is 1.58. The van der Waals surface area contributed by atoms with Crippen LogP contribution in [0.1, 0.15) is 50.6 Å². The molecule has 10 nitrogen and oxygen atoms in total. The predicted molar refractivity (Wildman–Crippen MR) is 207 cm³/mol. The average Bonchev–Trinajstić information content (AvgIpc) is 3.47. The minimum atomic E-state index is -0.609. The highest BCUT2D eigenvalue weighted by molar-refractivity contribution is 8.00. The standard InChI is InChI=1S/C40H35N5O5S2/c1-4-50-31-20-18-27(19-21-31)22-34(44-37(47)28-12-7-5-8-13-28)38(48)43-30-16-11-17-32(23-30)51-26(3)36(46)45-40-33(24-41)25(2)35(52-40)39(49)42-29-14-9-6-10-15-29/h5-23,26H,4H2,1-3H3,(H,42,49)(H,43,48)(H,44,47)(H,45,46)/b34-22+. The van der Waals surface area contributed by atoms with Crippen LogP contribution in [-0.2, 0) is 9.59 Å². The van der Waals surface area contributed by atoms with Gasteiger partial charge < -0.3 is 26.0 Å². The fourth-order valence-corrected chi connectivity index (χ4v) is 6.90. The van der Waals surface area contributed by atoms with Gasteiger partial charge in [-0.15, -0.1) is 23.1 Å². The molecule has 0 aliphatic heterocycles. The summed E-state index contributed by atoms with van der Waals surface area (Å²) in [5, 5.41) is 20.7. The highest BCUT2D eigenvalue weighted by atomic mass is 32.2. The first kappa shape index (κ1) is 37.1. The number of rotatable bonds is 13. The van der Waals surface area contributed by atoms with Gasteiger partial charge in [-0.1, -0.05) is 54.6 Å². The number of anilines is 3. The third kappa shape index (κ3) is 9.75. The van der Waals surface area contributed by atoms with Crippen molar-refractivity contribution in [2.75, 3.05) is 22.6 Å². The van der Waals surface area contributed by atoms with Gasteiger partial charge in [-0.2, -0.15) is 5.26 Å². The Kier molecular flexibility index (Phi) is 12.6. The third-order valence-corrected chi connectivity index (χ3v) is 9.84. The molecule has 4 aromatic carbocycles. The first-order valence-electron chi connectivity index (χ1n) is 16.2. The van der Waals surface area contributed by atoms with Crippen LogP contribution in [0.4, 0.5) is 16.4 Å². The number of benzene rings is 4. The lowest BCUT2D eigenvalue weighted by molar-refractivity contribution is -0.115. The second kappa shape index (κ2) is 17.7. The molecule has 52 heavy (non-hydrogen) atoms. The topological polar surface area (TPSA) is 149 Å². The summed E-state index contributed by atoms with van der Waals surface area (Å²) >= 11 is 2.30. The Balaban J connectivity index is 1.27. The monoisotopic (exact) mass is 729 g/mol. The van der Waals surface area contributed by atoms with Gasteiger partial charge in [0.1, 0.15) is 22.5 Å². The Morgan fingerprint density at radius 3 is 2.19 bits per heavy atom. The maximum atomic E-state index is 13.6. The van der Waals surface area contributed by atoms with E-state index in [2.05, 4.69) is 27.3 Å². The number of nitrogens with zero attached hydrogens (tertiary/aromatic N) is 1. The quantitative estimate of drug-likeness (QED) is 0.0707. The normalized spacial score (nSPS) is 11.5. The first-order valence-corrected chi connectivity index (χ1v) is 17.9. The highest BCUT2D eigenvalue weighted by Gasteiger charge is 2.24. The molecule has 0 aliphatic carbocycles. The summed E-state index contributed by atoms with van der Waals surface area (Å²) in [6.45, 7) is 5.80. The van der Waals surface area contributed by atoms with Gasteiger partial charge in [0, 0.05) is 21.8 Å². The molecule has 0 radical (unpaired) electrons. The molecule has 12 heteroatoms. The largest absolute Gasteiger partial charge is 0.494 e. The smallest absolute Gasteiger partial charge is 0.272 e. The van der Waals surface area contributed by atoms with Crippen LogP contribution in [0.3, 0.4) is 0 Å². The Bertz CT molecular complexity index is 2140. The van der Waals surface area contributed by atoms with Gasteiger partial charge >= 0.3 is 0 Å². The van der Waals surface area contributed by atoms with Crippen LogP contribution in [0.25, 0.3) is 6.08 Å². The first-order chi connectivity index (χ1) is 25.1. The van der Waals surface area contributed by atoms with Gasteiger partial charge in [0.15, 0.2) is 0 Å². The lowest BCUT2D eigenvalue weighted by Gasteiger charge is -2.14. The van der Waals surface area contributed by atoms with Crippen molar-refractivity contribution in [3.05, 3.63) is 142 Å². The van der Waals surface area contributed by atoms with Crippen LogP contribution >= 0.6 is 23.1 Å². The maximum absolute atomic E-state index is 13.6. The number of hydrogen-bond donors (Lipinski definition) is 4. The SMILES string of the molecule is CCOc1ccc(/C=C(/NC(=O)c2ccccc2)C(=O)Nc2cccc(SC(C)C(=O)Nc3sc(C(=O)Nc4ccccc4)c(C)c3C#N)c2)cc1. The summed E-state index contributed by atoms with van der Waals surface area (Å²) in [5.41, 5.74) is 2.87. The van der Waals surface area contributed by atoms with Crippen LogP contribution in [0.15, 0.2) is 120 Å². The van der Waals surface area contributed by atoms with E-state index < -0.39 is 17.1 Å². The zero-order valence-corrected chi connectivity index (χ0v) is 30.2. The zero-order valence-electron chi connectivity index (χ0n) is 28.6. The lowest BCUT2D eigenvalue weighted by atomic mass is 10.1. The second-order valence-corrected chi connectivity index (χ2v) is 13.7. The van der Waals surface area contributed by atoms with Crippen LogP contribution in [0.5, 0.6) is 5.75 Å². The molecule has 0 fully saturated rings. The van der Waals surface area contributed by atoms with Crippen molar-refractivity contribution in [1.29, 1.82) is 5.26 Å². The number of thiophene rings is 1. The number of hydrogen-bond acceptors (Lipinski definition) is 8. The average molecular weight is 730 g/mol. The Morgan fingerprint density at radius 2 is 1.52 bits per heavy atom. The number of carbonyl (C=O) groups is 4. The highest BCUT2D eigenvalue weighted by Crippen LogP contribution is 2.34. The summed E-state index contributed by atoms with van der Waals surface area (Å²) < 4.78 is 5.52. The Morgan fingerprint density at radius 1 is 0.846 bits per heavy atom. The molecule has 1 heterocycles. The number of thioether (sulfide) groups is 1. The van der Waals surface area contributed by atoms with E-state index in [1.165, 1.54) is 11.8 Å². The second-order valence-electron chi connectivity index (χ2n) is 11.3. The number of nitriles is 1. The Labute approximate surface area is 309 Å². The van der Waals surface area contributed by atoms with Crippen LogP contribution in [-0.4, -0.2) is 35.5 Å². The molecule has 5 aromatic rings. The maximum Gasteiger partial charge on any atom is 0.272 e. The summed E-state index contributed by atoms with van der Waals surface area (Å²) in [5.74, 6) is -1.04. The molecule has 0 spiro atoms. The molecular weight excluding hydrogens is 695 g/mol. The number of nitrogens with one attached hydrogen (secondary N) is 4. The lowest BCUT2D eigenvalue weighted by Crippen LogP contribution is -2.30. The van der Waals surface area contributed by atoms with E-state index in [9.17, 15) is 24.4 Å². The number of amides is 4. The molecule has 0 saturated heterocycles. The van der Waals surface area contributed by atoms with Crippen molar-refractivity contribution < 1.29 is 23.9 Å². The summed E-state index contributed by atoms with van der Waals surface area (Å²) in [6, 6.07) is 33.8. The third-order valence-electron chi connectivity index (χ3n) is 7.54. The van der Waals surface area contributed by atoms with Crippen LogP contribution in [0.2, 0.25) is 0 Å². The summed E-state index contributed by atoms with van der Waals surface area (Å²) in [4.78, 5) is 54.0. The van der Waals surface area contributed by atoms with E-state index in [1.807, 2.05) is 13.0 Å². The molecule has 0 aliphatic rings. The molecule has 0 bridgehead atoms. The zero-order chi connectivity index (χ0) is 37.0. The minimum Gasteiger partial charge on any atom is -0.494 e. The minimum absolute atomic E-state index is 0.0279. The molecule has 262 valence electrons. The fraction of sp³-hybridized carbons (Fsp3) is 0.125. The van der Waals surface area contributed by atoms with Crippen molar-refractivity contribution >= 4 is 69.2 Å². The van der Waals surface area contributed by atoms with E-state index >= 15 is 0 Å². The molecule has 5 rings (SSSR count). The van der Waals surface area contributed by atoms with Gasteiger partial charge in [0.2, 0.25) is 5.91 Å². The van der Waals surface area contributed by atoms with E-state index in [-0.39, 0.29) is 23.1 Å². The molecule has 4 amide bonds. The molecular formula is C40H35N5O5S2. The van der Waals surface area contributed by atoms with Crippen molar-refractivity contribution in [3.63, 3.8) is 0 Å². The van der Waals surface area contributed by atoms with Crippen molar-refractivity contribution in [2.45, 2.75) is 30.9 Å². The van der Waals surface area contributed by atoms with Gasteiger partial charge in [-0.05, 0) is 92.6 Å². The molecule has 4 N–H and O–H groups in total. The molecule has 0 saturated carbocycles. The molecule has 1 atom stereocenters. The van der Waals surface area contributed by atoms with Crippen LogP contribution < -0.4 is 26.0 Å². The van der Waals surface area contributed by atoms with E-state index in [0.717, 1.165) is 11.3 Å². The van der Waals surface area contributed by atoms with Gasteiger partial charge in [-0.25, -0.2) is 0 Å². The predicted octanol–water partition coefficient (Wildman–Crippen LogP) is 8.11. The van der Waals surface area contributed by atoms with Crippen LogP contribution in [0, 0.1) is 18.3 Å².